The monoisotopic (exact) mass is 846 g/mol. The number of carbonyl (C=O) groups is 2. The highest BCUT2D eigenvalue weighted by atomic mass is 79.9. The van der Waals surface area contributed by atoms with Crippen molar-refractivity contribution in [2.24, 2.45) is 0 Å². The molecule has 0 aliphatic rings. The number of hydrogen-bond acceptors (Lipinski definition) is 9. The summed E-state index contributed by atoms with van der Waals surface area (Å²) in [4.78, 5) is 65.2. The van der Waals surface area contributed by atoms with Crippen LogP contribution in [0.1, 0.15) is 22.3 Å². The molecule has 2 aromatic carbocycles. The van der Waals surface area contributed by atoms with Crippen LogP contribution in [0.15, 0.2) is 98.3 Å². The number of hydrogen-bond donors (Lipinski definition) is 5. The Hall–Kier alpha value is -5.43. The minimum Gasteiger partial charge on any atom is -0.481 e. The van der Waals surface area contributed by atoms with E-state index in [1.54, 1.807) is 6.07 Å². The van der Waals surface area contributed by atoms with Crippen molar-refractivity contribution in [3.8, 4) is 21.1 Å². The van der Waals surface area contributed by atoms with Crippen molar-refractivity contribution >= 4 is 85.9 Å². The SMILES string of the molecule is O=C(O)Cc1cccc(CBr)c1.[C-]#[N+]c1c(-c2cccs2)[nH]c(=S)[nH]c1=O.[C-]#[N+]c1c(-c2cccs2)nc(SCc2cccc(CC(=O)O)c2)[nH]c1=O. The number of thioether (sulfide) groups is 1. The fourth-order valence-electron chi connectivity index (χ4n) is 4.54. The van der Waals surface area contributed by atoms with Crippen molar-refractivity contribution < 1.29 is 19.8 Å². The van der Waals surface area contributed by atoms with E-state index in [2.05, 4.69) is 45.6 Å². The topological polar surface area (TPSA) is 178 Å². The second-order valence-electron chi connectivity index (χ2n) is 10.6. The number of aliphatic carboxylic acids is 2. The predicted molar refractivity (Wildman–Crippen MR) is 214 cm³/mol. The Balaban J connectivity index is 0.000000196. The molecule has 12 nitrogen and oxygen atoms in total. The van der Waals surface area contributed by atoms with Gasteiger partial charge in [-0.15, -0.1) is 22.7 Å². The minimum absolute atomic E-state index is 0.0137. The highest BCUT2D eigenvalue weighted by Gasteiger charge is 2.15. The summed E-state index contributed by atoms with van der Waals surface area (Å²) in [6.45, 7) is 14.2. The first kappa shape index (κ1) is 40.3. The first-order valence-corrected chi connectivity index (χ1v) is 19.4. The van der Waals surface area contributed by atoms with E-state index in [9.17, 15) is 19.2 Å². The van der Waals surface area contributed by atoms with Gasteiger partial charge in [-0.2, -0.15) is 0 Å². The number of benzene rings is 2. The number of thiophene rings is 2. The molecule has 6 aromatic rings. The molecule has 0 fully saturated rings. The second kappa shape index (κ2) is 20.0. The van der Waals surface area contributed by atoms with Crippen LogP contribution in [0, 0.1) is 17.9 Å². The highest BCUT2D eigenvalue weighted by molar-refractivity contribution is 9.08. The second-order valence-corrected chi connectivity index (χ2v) is 14.4. The highest BCUT2D eigenvalue weighted by Crippen LogP contribution is 2.31. The van der Waals surface area contributed by atoms with Crippen molar-refractivity contribution in [3.63, 3.8) is 0 Å². The molecule has 0 saturated carbocycles. The molecule has 0 aliphatic heterocycles. The molecule has 0 aliphatic carbocycles. The van der Waals surface area contributed by atoms with Crippen LogP contribution in [0.4, 0.5) is 11.4 Å². The molecule has 4 aromatic heterocycles. The summed E-state index contributed by atoms with van der Waals surface area (Å²) in [7, 11) is 0. The maximum Gasteiger partial charge on any atom is 0.307 e. The zero-order valence-electron chi connectivity index (χ0n) is 27.3. The number of rotatable bonds is 10. The molecule has 0 amide bonds. The van der Waals surface area contributed by atoms with Crippen molar-refractivity contribution in [2.45, 2.75) is 29.1 Å². The fraction of sp³-hybridized carbons (Fsp3) is 0.111. The standard InChI is InChI=1S/C18H13N3O3S2.C9H9BrO2.C9H5N3OS2/c1-19-16-15(13-6-3-7-25-13)20-18(21-17(16)24)26-10-12-5-2-4-11(8-12)9-14(22)23;10-6-8-3-1-2-7(4-8)5-9(11)12;1-10-7-6(5-3-2-4-15-5)11-9(14)12-8(7)13/h2-8H,9-10H2,(H,22,23)(H,20,21,24);1-4H,5-6H2,(H,11,12);2-4H,(H2,11,12,13,14). The van der Waals surface area contributed by atoms with E-state index in [0.29, 0.717) is 22.3 Å². The Bertz CT molecular complexity index is 2460. The van der Waals surface area contributed by atoms with Crippen LogP contribution in [-0.2, 0) is 33.5 Å². The van der Waals surface area contributed by atoms with E-state index in [0.717, 1.165) is 37.3 Å². The normalized spacial score (nSPS) is 10.1. The van der Waals surface area contributed by atoms with Crippen LogP contribution in [0.3, 0.4) is 0 Å². The summed E-state index contributed by atoms with van der Waals surface area (Å²) in [5.74, 6) is -1.14. The van der Waals surface area contributed by atoms with E-state index in [1.165, 1.54) is 34.4 Å². The van der Waals surface area contributed by atoms with Gasteiger partial charge >= 0.3 is 11.9 Å². The van der Waals surface area contributed by atoms with E-state index in [-0.39, 0.29) is 29.0 Å². The Labute approximate surface area is 328 Å². The lowest BCUT2D eigenvalue weighted by atomic mass is 10.1. The number of halogens is 1. The molecule has 53 heavy (non-hydrogen) atoms. The molecule has 5 N–H and O–H groups in total. The molecule has 0 unspecified atom stereocenters. The number of H-pyrrole nitrogens is 3. The first-order valence-electron chi connectivity index (χ1n) is 15.1. The number of aromatic nitrogens is 4. The molecule has 6 rings (SSSR count). The fourth-order valence-corrected chi connectivity index (χ4v) is 7.33. The lowest BCUT2D eigenvalue weighted by Gasteiger charge is -2.06. The minimum atomic E-state index is -0.879. The molecular weight excluding hydrogens is 821 g/mol. The smallest absolute Gasteiger partial charge is 0.307 e. The number of carboxylic acids is 2. The van der Waals surface area contributed by atoms with Crippen molar-refractivity contribution in [1.29, 1.82) is 0 Å². The lowest BCUT2D eigenvalue weighted by molar-refractivity contribution is -0.137. The van der Waals surface area contributed by atoms with Gasteiger partial charge < -0.3 is 25.2 Å². The Morgan fingerprint density at radius 3 is 1.87 bits per heavy atom. The molecule has 268 valence electrons. The molecule has 0 saturated heterocycles. The number of nitrogens with one attached hydrogen (secondary N) is 3. The van der Waals surface area contributed by atoms with Crippen LogP contribution in [0.2, 0.25) is 0 Å². The van der Waals surface area contributed by atoms with E-state index < -0.39 is 23.1 Å². The van der Waals surface area contributed by atoms with Crippen LogP contribution in [-0.4, -0.2) is 42.1 Å². The zero-order valence-corrected chi connectivity index (χ0v) is 32.1. The van der Waals surface area contributed by atoms with Gasteiger partial charge in [0, 0.05) is 20.8 Å². The summed E-state index contributed by atoms with van der Waals surface area (Å²) in [6.07, 6.45) is 0.0661. The van der Waals surface area contributed by atoms with E-state index in [4.69, 9.17) is 35.6 Å². The average Bonchev–Trinajstić information content (AvgIpc) is 3.87. The van der Waals surface area contributed by atoms with Gasteiger partial charge in [-0.3, -0.25) is 19.2 Å². The largest absolute Gasteiger partial charge is 0.481 e. The lowest BCUT2D eigenvalue weighted by Crippen LogP contribution is -2.09. The van der Waals surface area contributed by atoms with Crippen LogP contribution in [0.25, 0.3) is 30.8 Å². The molecule has 0 radical (unpaired) electrons. The molecule has 0 atom stereocenters. The molecular formula is C36H27BrN6O6S4. The van der Waals surface area contributed by atoms with E-state index >= 15 is 0 Å². The molecule has 0 spiro atoms. The van der Waals surface area contributed by atoms with Crippen LogP contribution in [0.5, 0.6) is 0 Å². The van der Waals surface area contributed by atoms with Gasteiger partial charge in [0.05, 0.1) is 37.4 Å². The third kappa shape index (κ3) is 12.1. The predicted octanol–water partition coefficient (Wildman–Crippen LogP) is 8.89. The van der Waals surface area contributed by atoms with Gasteiger partial charge in [0.15, 0.2) is 9.93 Å². The summed E-state index contributed by atoms with van der Waals surface area (Å²) in [5, 5.41) is 22.3. The summed E-state index contributed by atoms with van der Waals surface area (Å²) >= 11 is 12.4. The van der Waals surface area contributed by atoms with Gasteiger partial charge in [0.25, 0.3) is 22.5 Å². The number of alkyl halides is 1. The average molecular weight is 848 g/mol. The zero-order chi connectivity index (χ0) is 38.3. The third-order valence-electron chi connectivity index (χ3n) is 6.76. The van der Waals surface area contributed by atoms with Crippen molar-refractivity contribution in [3.05, 3.63) is 154 Å². The maximum atomic E-state index is 12.2. The Kier molecular flexibility index (Phi) is 15.2. The van der Waals surface area contributed by atoms with Crippen molar-refractivity contribution in [2.75, 3.05) is 0 Å². The summed E-state index contributed by atoms with van der Waals surface area (Å²) in [6, 6.07) is 22.2. The Morgan fingerprint density at radius 1 is 0.774 bits per heavy atom. The molecule has 17 heteroatoms. The van der Waals surface area contributed by atoms with Gasteiger partial charge in [0.1, 0.15) is 0 Å². The molecule has 0 bridgehead atoms. The summed E-state index contributed by atoms with van der Waals surface area (Å²) < 4.78 is 0.232. The molecule has 4 heterocycles. The van der Waals surface area contributed by atoms with Gasteiger partial charge in [0.2, 0.25) is 0 Å². The third-order valence-corrected chi connectivity index (χ3v) is 10.3. The van der Waals surface area contributed by atoms with Crippen LogP contribution < -0.4 is 11.1 Å². The number of aromatic amines is 3. The van der Waals surface area contributed by atoms with Crippen LogP contribution >= 0.6 is 62.6 Å². The van der Waals surface area contributed by atoms with Gasteiger partial charge in [-0.25, -0.2) is 14.7 Å². The van der Waals surface area contributed by atoms with Gasteiger partial charge in [-0.1, -0.05) is 88.4 Å². The van der Waals surface area contributed by atoms with Crippen molar-refractivity contribution in [1.82, 2.24) is 19.9 Å². The summed E-state index contributed by atoms with van der Waals surface area (Å²) in [5.41, 5.74) is 3.62. The quantitative estimate of drug-likeness (QED) is 0.0296. The maximum absolute atomic E-state index is 12.2. The number of carboxylic acid groups (broad SMARTS) is 2. The van der Waals surface area contributed by atoms with Gasteiger partial charge in [-0.05, 0) is 57.4 Å². The Morgan fingerprint density at radius 2 is 1.32 bits per heavy atom. The number of nitrogens with zero attached hydrogens (tertiary/aromatic N) is 3. The first-order chi connectivity index (χ1) is 25.5. The van der Waals surface area contributed by atoms with E-state index in [1.807, 2.05) is 77.5 Å².